The van der Waals surface area contributed by atoms with Crippen LogP contribution >= 0.6 is 0 Å². The summed E-state index contributed by atoms with van der Waals surface area (Å²) in [5.74, 6) is 1.28. The molecular formula is C22H23N3O4. The van der Waals surface area contributed by atoms with Crippen LogP contribution in [0.5, 0.6) is 11.5 Å². The molecule has 7 heteroatoms. The molecule has 2 atom stereocenters. The van der Waals surface area contributed by atoms with Gasteiger partial charge in [-0.2, -0.15) is 0 Å². The number of anilines is 2. The van der Waals surface area contributed by atoms with Gasteiger partial charge in [-0.15, -0.1) is 0 Å². The van der Waals surface area contributed by atoms with Crippen LogP contribution in [0.3, 0.4) is 0 Å². The van der Waals surface area contributed by atoms with E-state index in [1.165, 1.54) is 0 Å². The minimum Gasteiger partial charge on any atom is -0.454 e. The molecule has 2 unspecified atom stereocenters. The van der Waals surface area contributed by atoms with E-state index in [2.05, 4.69) is 10.6 Å². The summed E-state index contributed by atoms with van der Waals surface area (Å²) in [5, 5.41) is 5.94. The van der Waals surface area contributed by atoms with E-state index in [4.69, 9.17) is 9.47 Å². The third-order valence-corrected chi connectivity index (χ3v) is 6.09. The van der Waals surface area contributed by atoms with Crippen molar-refractivity contribution in [1.29, 1.82) is 0 Å². The van der Waals surface area contributed by atoms with E-state index in [1.54, 1.807) is 12.1 Å². The fraction of sp³-hybridized carbons (Fsp3) is 0.364. The second-order valence-electron chi connectivity index (χ2n) is 8.15. The van der Waals surface area contributed by atoms with E-state index >= 15 is 0 Å². The van der Waals surface area contributed by atoms with Crippen LogP contribution in [0.1, 0.15) is 18.4 Å². The topological polar surface area (TPSA) is 79.9 Å². The maximum Gasteiger partial charge on any atom is 0.321 e. The maximum atomic E-state index is 12.7. The molecule has 3 amide bonds. The van der Waals surface area contributed by atoms with E-state index in [1.807, 2.05) is 42.2 Å². The molecule has 2 aromatic carbocycles. The largest absolute Gasteiger partial charge is 0.454 e. The number of likely N-dealkylation sites (tertiary alicyclic amines) is 1. The van der Waals surface area contributed by atoms with Crippen molar-refractivity contribution >= 4 is 23.3 Å². The molecule has 2 aromatic rings. The molecular weight excluding hydrogens is 370 g/mol. The number of carbonyl (C=O) groups excluding carboxylic acids is 2. The molecule has 5 rings (SSSR count). The standard InChI is InChI=1S/C22H23N3O4/c1-14-3-2-4-15(9-14)24-21(27)25-8-7-22(12-25)11-17(22)20(26)23-16-5-6-18-19(10-16)29-13-28-18/h2-6,9-10,17H,7-8,11-13H2,1H3,(H,23,26)(H,24,27). The Balaban J connectivity index is 1.18. The second kappa shape index (κ2) is 6.69. The van der Waals surface area contributed by atoms with Gasteiger partial charge in [0.1, 0.15) is 0 Å². The minimum atomic E-state index is -0.102. The first-order valence-corrected chi connectivity index (χ1v) is 9.86. The molecule has 2 aliphatic heterocycles. The van der Waals surface area contributed by atoms with Gasteiger partial charge in [0.25, 0.3) is 0 Å². The summed E-state index contributed by atoms with van der Waals surface area (Å²) in [6, 6.07) is 13.0. The van der Waals surface area contributed by atoms with Crippen molar-refractivity contribution in [2.24, 2.45) is 11.3 Å². The number of aryl methyl sites for hydroxylation is 1. The van der Waals surface area contributed by atoms with E-state index in [9.17, 15) is 9.59 Å². The molecule has 3 aliphatic rings. The van der Waals surface area contributed by atoms with Crippen molar-refractivity contribution in [2.75, 3.05) is 30.5 Å². The second-order valence-corrected chi connectivity index (χ2v) is 8.15. The van der Waals surface area contributed by atoms with Gasteiger partial charge in [-0.3, -0.25) is 4.79 Å². The van der Waals surface area contributed by atoms with Crippen molar-refractivity contribution < 1.29 is 19.1 Å². The molecule has 2 fully saturated rings. The van der Waals surface area contributed by atoms with Gasteiger partial charge in [0.05, 0.1) is 0 Å². The van der Waals surface area contributed by atoms with Gasteiger partial charge in [0, 0.05) is 41.9 Å². The third kappa shape index (κ3) is 3.37. The SMILES string of the molecule is Cc1cccc(NC(=O)N2CCC3(CC3C(=O)Nc3ccc4c(c3)OCO4)C2)c1. The van der Waals surface area contributed by atoms with Crippen LogP contribution in [-0.4, -0.2) is 36.7 Å². The van der Waals surface area contributed by atoms with Crippen molar-refractivity contribution in [2.45, 2.75) is 19.8 Å². The molecule has 2 N–H and O–H groups in total. The van der Waals surface area contributed by atoms with Gasteiger partial charge in [0.15, 0.2) is 11.5 Å². The Morgan fingerprint density at radius 2 is 1.90 bits per heavy atom. The summed E-state index contributed by atoms with van der Waals surface area (Å²) in [6.07, 6.45) is 1.67. The third-order valence-electron chi connectivity index (χ3n) is 6.09. The normalized spacial score (nSPS) is 23.9. The lowest BCUT2D eigenvalue weighted by molar-refractivity contribution is -0.118. The molecule has 1 aliphatic carbocycles. The predicted octanol–water partition coefficient (Wildman–Crippen LogP) is 3.61. The Bertz CT molecular complexity index is 992. The fourth-order valence-corrected chi connectivity index (χ4v) is 4.37. The number of nitrogens with one attached hydrogen (secondary N) is 2. The molecule has 29 heavy (non-hydrogen) atoms. The first kappa shape index (κ1) is 17.8. The number of hydrogen-bond acceptors (Lipinski definition) is 4. The summed E-state index contributed by atoms with van der Waals surface area (Å²) < 4.78 is 10.7. The van der Waals surface area contributed by atoms with Crippen LogP contribution < -0.4 is 20.1 Å². The molecule has 0 radical (unpaired) electrons. The first-order valence-electron chi connectivity index (χ1n) is 9.86. The Morgan fingerprint density at radius 1 is 1.07 bits per heavy atom. The van der Waals surface area contributed by atoms with E-state index in [-0.39, 0.29) is 30.1 Å². The number of nitrogens with zero attached hydrogens (tertiary/aromatic N) is 1. The average molecular weight is 393 g/mol. The summed E-state index contributed by atoms with van der Waals surface area (Å²) in [5.41, 5.74) is 2.50. The number of amides is 3. The highest BCUT2D eigenvalue weighted by Gasteiger charge is 2.61. The maximum absolute atomic E-state index is 12.7. The van der Waals surface area contributed by atoms with Crippen LogP contribution in [0.15, 0.2) is 42.5 Å². The van der Waals surface area contributed by atoms with Crippen LogP contribution in [0.4, 0.5) is 16.2 Å². The van der Waals surface area contributed by atoms with Gasteiger partial charge in [-0.05, 0) is 49.6 Å². The van der Waals surface area contributed by atoms with Gasteiger partial charge in [0.2, 0.25) is 12.7 Å². The molecule has 2 heterocycles. The summed E-state index contributed by atoms with van der Waals surface area (Å²) in [7, 11) is 0. The molecule has 0 aromatic heterocycles. The molecule has 1 saturated carbocycles. The smallest absolute Gasteiger partial charge is 0.321 e. The quantitative estimate of drug-likeness (QED) is 0.835. The zero-order valence-corrected chi connectivity index (χ0v) is 16.2. The first-order chi connectivity index (χ1) is 14.0. The van der Waals surface area contributed by atoms with Crippen molar-refractivity contribution in [3.8, 4) is 11.5 Å². The molecule has 7 nitrogen and oxygen atoms in total. The fourth-order valence-electron chi connectivity index (χ4n) is 4.37. The highest BCUT2D eigenvalue weighted by Crippen LogP contribution is 2.58. The van der Waals surface area contributed by atoms with Crippen LogP contribution in [-0.2, 0) is 4.79 Å². The average Bonchev–Trinajstić information content (AvgIpc) is 3.01. The summed E-state index contributed by atoms with van der Waals surface area (Å²) in [4.78, 5) is 27.2. The predicted molar refractivity (Wildman–Crippen MR) is 108 cm³/mol. The van der Waals surface area contributed by atoms with Gasteiger partial charge in [-0.25, -0.2) is 4.79 Å². The Hall–Kier alpha value is -3.22. The van der Waals surface area contributed by atoms with Gasteiger partial charge >= 0.3 is 6.03 Å². The van der Waals surface area contributed by atoms with Crippen LogP contribution in [0.2, 0.25) is 0 Å². The zero-order chi connectivity index (χ0) is 20.0. The van der Waals surface area contributed by atoms with Crippen molar-refractivity contribution in [3.05, 3.63) is 48.0 Å². The van der Waals surface area contributed by atoms with Crippen molar-refractivity contribution in [1.82, 2.24) is 4.90 Å². The number of benzene rings is 2. The lowest BCUT2D eigenvalue weighted by Crippen LogP contribution is -2.33. The summed E-state index contributed by atoms with van der Waals surface area (Å²) >= 11 is 0. The van der Waals surface area contributed by atoms with E-state index < -0.39 is 0 Å². The van der Waals surface area contributed by atoms with E-state index in [0.717, 1.165) is 24.1 Å². The molecule has 1 spiro atoms. The van der Waals surface area contributed by atoms with Crippen LogP contribution in [0.25, 0.3) is 0 Å². The Morgan fingerprint density at radius 3 is 2.76 bits per heavy atom. The Labute approximate surface area is 169 Å². The number of hydrogen-bond donors (Lipinski definition) is 2. The highest BCUT2D eigenvalue weighted by atomic mass is 16.7. The van der Waals surface area contributed by atoms with Crippen LogP contribution in [0, 0.1) is 18.3 Å². The molecule has 1 saturated heterocycles. The van der Waals surface area contributed by atoms with E-state index in [0.29, 0.717) is 30.3 Å². The summed E-state index contributed by atoms with van der Waals surface area (Å²) in [6.45, 7) is 3.49. The highest BCUT2D eigenvalue weighted by molar-refractivity contribution is 5.96. The molecule has 0 bridgehead atoms. The number of rotatable bonds is 3. The lowest BCUT2D eigenvalue weighted by atomic mass is 10.0. The number of urea groups is 1. The lowest BCUT2D eigenvalue weighted by Gasteiger charge is -2.18. The number of ether oxygens (including phenoxy) is 2. The number of fused-ring (bicyclic) bond motifs is 1. The monoisotopic (exact) mass is 393 g/mol. The zero-order valence-electron chi connectivity index (χ0n) is 16.2. The van der Waals surface area contributed by atoms with Gasteiger partial charge < -0.3 is 25.0 Å². The minimum absolute atomic E-state index is 0.00445. The van der Waals surface area contributed by atoms with Gasteiger partial charge in [-0.1, -0.05) is 12.1 Å². The molecule has 150 valence electrons. The Kier molecular flexibility index (Phi) is 4.12. The number of carbonyl (C=O) groups is 2. The van der Waals surface area contributed by atoms with Crippen molar-refractivity contribution in [3.63, 3.8) is 0 Å².